The molecule has 0 N–H and O–H groups in total. The number of hydrogen-bond acceptors (Lipinski definition) is 0. The fourth-order valence-electron chi connectivity index (χ4n) is 5.43. The van der Waals surface area contributed by atoms with E-state index in [1.54, 1.807) is 13.0 Å². The van der Waals surface area contributed by atoms with Crippen LogP contribution in [0.5, 0.6) is 0 Å². The quantitative estimate of drug-likeness (QED) is 0.246. The second kappa shape index (κ2) is 12.3. The van der Waals surface area contributed by atoms with Crippen LogP contribution < -0.4 is 51.4 Å². The molecule has 0 fully saturated rings. The molecular formula is C33H57F3K-. The molecule has 1 aromatic rings. The van der Waals surface area contributed by atoms with Gasteiger partial charge in [-0.15, -0.1) is 0 Å². The summed E-state index contributed by atoms with van der Waals surface area (Å²) in [5, 5.41) is 0. The molecule has 0 aliphatic heterocycles. The maximum absolute atomic E-state index is 11.9. The molecular weight excluding hydrogens is 492 g/mol. The number of alkyl halides is 3. The van der Waals surface area contributed by atoms with Crippen molar-refractivity contribution in [3.05, 3.63) is 41.3 Å². The predicted molar refractivity (Wildman–Crippen MR) is 152 cm³/mol. The molecule has 0 aromatic heterocycles. The SMILES string of the molecule is C[C-](C)C(C)(C)C(C)(C)C(C)(C)C(C)(C)C(C)(C)C(C)(C)C(C)(C)C.Cc1cc[c-]c(C(F)(F)F)c1.[K+]. The minimum Gasteiger partial charge on any atom is -0.314 e. The second-order valence-electron chi connectivity index (χ2n) is 15.3. The molecule has 0 atom stereocenters. The molecule has 1 aromatic carbocycles. The molecule has 0 amide bonds. The van der Waals surface area contributed by atoms with Crippen LogP contribution in [-0.4, -0.2) is 0 Å². The van der Waals surface area contributed by atoms with E-state index in [0.29, 0.717) is 5.56 Å². The standard InChI is InChI=1S/C25H51.C8H6F3.K/c1-18(2)20(6,7)22(10,11)24(14,15)25(16,17)23(12,13)21(8,9)19(3,4)5;1-6-3-2-4-7(5-6)8(9,10)11;/h1-17H3;2-3,5H,1H3;/q2*-1;+1. The van der Waals surface area contributed by atoms with Crippen LogP contribution in [0.2, 0.25) is 0 Å². The Morgan fingerprint density at radius 3 is 1.24 bits per heavy atom. The second-order valence-corrected chi connectivity index (χ2v) is 15.3. The van der Waals surface area contributed by atoms with Crippen molar-refractivity contribution in [3.63, 3.8) is 0 Å². The normalized spacial score (nSPS) is 14.6. The van der Waals surface area contributed by atoms with Crippen molar-refractivity contribution in [3.8, 4) is 0 Å². The van der Waals surface area contributed by atoms with Crippen molar-refractivity contribution in [1.82, 2.24) is 0 Å². The van der Waals surface area contributed by atoms with Crippen LogP contribution in [0.4, 0.5) is 13.2 Å². The van der Waals surface area contributed by atoms with E-state index in [9.17, 15) is 13.2 Å². The van der Waals surface area contributed by atoms with E-state index < -0.39 is 11.7 Å². The molecule has 0 aliphatic rings. The van der Waals surface area contributed by atoms with Gasteiger partial charge in [0.05, 0.1) is 0 Å². The van der Waals surface area contributed by atoms with Gasteiger partial charge in [0.1, 0.15) is 0 Å². The van der Waals surface area contributed by atoms with Crippen LogP contribution >= 0.6 is 0 Å². The summed E-state index contributed by atoms with van der Waals surface area (Å²) < 4.78 is 35.8. The van der Waals surface area contributed by atoms with E-state index in [4.69, 9.17) is 0 Å². The van der Waals surface area contributed by atoms with Gasteiger partial charge in [0.15, 0.2) is 0 Å². The Hall–Kier alpha value is 0.646. The van der Waals surface area contributed by atoms with Crippen LogP contribution in [0.1, 0.15) is 129 Å². The predicted octanol–water partition coefficient (Wildman–Crippen LogP) is 8.62. The van der Waals surface area contributed by atoms with Gasteiger partial charge in [-0.2, -0.15) is 62.3 Å². The van der Waals surface area contributed by atoms with E-state index in [0.717, 1.165) is 6.07 Å². The van der Waals surface area contributed by atoms with Gasteiger partial charge in [0.25, 0.3) is 0 Å². The number of hydrogen-bond donors (Lipinski definition) is 0. The first-order valence-corrected chi connectivity index (χ1v) is 13.3. The maximum Gasteiger partial charge on any atom is 1.00 e. The Morgan fingerprint density at radius 1 is 0.622 bits per heavy atom. The summed E-state index contributed by atoms with van der Waals surface area (Å²) in [6.45, 7) is 43.3. The first-order valence-electron chi connectivity index (χ1n) is 13.3. The minimum absolute atomic E-state index is 0. The average molecular weight is 550 g/mol. The molecule has 37 heavy (non-hydrogen) atoms. The fourth-order valence-corrected chi connectivity index (χ4v) is 5.43. The van der Waals surface area contributed by atoms with Crippen molar-refractivity contribution in [2.24, 2.45) is 37.9 Å². The molecule has 0 nitrogen and oxygen atoms in total. The zero-order valence-corrected chi connectivity index (χ0v) is 31.0. The number of aryl methyl sites for hydroxylation is 1. The molecule has 0 saturated heterocycles. The summed E-state index contributed by atoms with van der Waals surface area (Å²) >= 11 is 0. The Morgan fingerprint density at radius 2 is 0.973 bits per heavy atom. The van der Waals surface area contributed by atoms with Crippen molar-refractivity contribution in [2.45, 2.75) is 131 Å². The molecule has 0 saturated carbocycles. The monoisotopic (exact) mass is 549 g/mol. The largest absolute Gasteiger partial charge is 1.00 e. The molecule has 4 heteroatoms. The van der Waals surface area contributed by atoms with Crippen LogP contribution in [-0.2, 0) is 6.18 Å². The smallest absolute Gasteiger partial charge is 0.314 e. The van der Waals surface area contributed by atoms with E-state index >= 15 is 0 Å². The third-order valence-corrected chi connectivity index (χ3v) is 12.2. The summed E-state index contributed by atoms with van der Waals surface area (Å²) in [4.78, 5) is 0. The van der Waals surface area contributed by atoms with Crippen molar-refractivity contribution in [1.29, 1.82) is 0 Å². The van der Waals surface area contributed by atoms with Crippen LogP contribution in [0.25, 0.3) is 0 Å². The third-order valence-electron chi connectivity index (χ3n) is 12.2. The fraction of sp³-hybridized carbons (Fsp3) is 0.788. The minimum atomic E-state index is -4.27. The van der Waals surface area contributed by atoms with Crippen molar-refractivity contribution in [2.75, 3.05) is 0 Å². The Kier molecular flexibility index (Phi) is 13.2. The van der Waals surface area contributed by atoms with Gasteiger partial charge < -0.3 is 5.92 Å². The van der Waals surface area contributed by atoms with Crippen LogP contribution in [0.15, 0.2) is 18.2 Å². The summed E-state index contributed by atoms with van der Waals surface area (Å²) in [6.07, 6.45) is -4.27. The van der Waals surface area contributed by atoms with Gasteiger partial charge in [-0.3, -0.25) is 0 Å². The average Bonchev–Trinajstić information content (AvgIpc) is 2.66. The topological polar surface area (TPSA) is 0 Å². The first-order chi connectivity index (χ1) is 15.4. The molecule has 212 valence electrons. The van der Waals surface area contributed by atoms with E-state index in [1.807, 2.05) is 0 Å². The van der Waals surface area contributed by atoms with Crippen LogP contribution in [0, 0.1) is 56.8 Å². The van der Waals surface area contributed by atoms with Crippen LogP contribution in [0.3, 0.4) is 0 Å². The Balaban J connectivity index is 0. The molecule has 0 bridgehead atoms. The van der Waals surface area contributed by atoms with Crippen molar-refractivity contribution >= 4 is 0 Å². The van der Waals surface area contributed by atoms with E-state index in [-0.39, 0.29) is 89.3 Å². The van der Waals surface area contributed by atoms with Gasteiger partial charge in [-0.25, -0.2) is 0 Å². The number of halogens is 3. The Bertz CT molecular complexity index is 860. The summed E-state index contributed by atoms with van der Waals surface area (Å²) in [7, 11) is 0. The summed E-state index contributed by atoms with van der Waals surface area (Å²) in [5.41, 5.74) is 1.12. The molecule has 0 unspecified atom stereocenters. The number of benzene rings is 1. The van der Waals surface area contributed by atoms with Gasteiger partial charge in [-0.1, -0.05) is 122 Å². The molecule has 0 spiro atoms. The molecule has 0 aliphatic carbocycles. The Labute approximate surface area is 272 Å². The zero-order chi connectivity index (χ0) is 29.6. The molecule has 0 heterocycles. The first kappa shape index (κ1) is 39.8. The van der Waals surface area contributed by atoms with Gasteiger partial charge in [0, 0.05) is 0 Å². The molecule has 1 rings (SSSR count). The number of rotatable bonds is 6. The summed E-state index contributed by atoms with van der Waals surface area (Å²) in [5.74, 6) is 1.52. The van der Waals surface area contributed by atoms with E-state index in [2.05, 4.69) is 124 Å². The molecule has 0 radical (unpaired) electrons. The van der Waals surface area contributed by atoms with Gasteiger partial charge in [0.2, 0.25) is 0 Å². The maximum atomic E-state index is 11.9. The zero-order valence-electron chi connectivity index (χ0n) is 27.9. The van der Waals surface area contributed by atoms with E-state index in [1.165, 1.54) is 12.0 Å². The van der Waals surface area contributed by atoms with Gasteiger partial charge >= 0.3 is 57.6 Å². The van der Waals surface area contributed by atoms with Crippen molar-refractivity contribution < 1.29 is 64.6 Å². The summed E-state index contributed by atoms with van der Waals surface area (Å²) in [6, 6.07) is 6.05. The third kappa shape index (κ3) is 7.49. The van der Waals surface area contributed by atoms with Gasteiger partial charge in [-0.05, 0) is 27.1 Å².